The van der Waals surface area contributed by atoms with Crippen LogP contribution in [0, 0.1) is 5.92 Å². The van der Waals surface area contributed by atoms with Crippen LogP contribution >= 0.6 is 12.2 Å². The lowest BCUT2D eigenvalue weighted by atomic mass is 10.2. The quantitative estimate of drug-likeness (QED) is 0.360. The number of hydrogen-bond acceptors (Lipinski definition) is 3. The molecule has 0 aliphatic rings. The number of rotatable bonds is 5. The first-order chi connectivity index (χ1) is 5.22. The fourth-order valence-corrected chi connectivity index (χ4v) is 0.586. The van der Waals surface area contributed by atoms with Gasteiger partial charge in [-0.1, -0.05) is 25.6 Å². The Hall–Kier alpha value is -0.440. The van der Waals surface area contributed by atoms with E-state index in [9.17, 15) is 4.79 Å². The molecule has 1 radical (unpaired) electrons. The second-order valence-corrected chi connectivity index (χ2v) is 2.60. The highest BCUT2D eigenvalue weighted by Crippen LogP contribution is 1.96. The molecule has 3 heteroatoms. The molecule has 0 aromatic rings. The summed E-state index contributed by atoms with van der Waals surface area (Å²) >= 11 is 4.48. The summed E-state index contributed by atoms with van der Waals surface area (Å²) < 4.78 is 4.87. The van der Waals surface area contributed by atoms with Crippen LogP contribution in [0.15, 0.2) is 0 Å². The van der Waals surface area contributed by atoms with Crippen molar-refractivity contribution in [3.8, 4) is 0 Å². The van der Waals surface area contributed by atoms with Crippen LogP contribution in [0.5, 0.6) is 0 Å². The third-order valence-electron chi connectivity index (χ3n) is 1.27. The van der Waals surface area contributed by atoms with Crippen LogP contribution in [-0.2, 0) is 9.53 Å². The topological polar surface area (TPSA) is 26.3 Å². The van der Waals surface area contributed by atoms with E-state index in [4.69, 9.17) is 4.74 Å². The number of ether oxygens (including phenoxy) is 1. The van der Waals surface area contributed by atoms with Crippen molar-refractivity contribution >= 4 is 23.6 Å². The van der Waals surface area contributed by atoms with E-state index in [1.54, 1.807) is 6.92 Å². The lowest BCUT2D eigenvalue weighted by Gasteiger charge is -2.04. The first kappa shape index (κ1) is 10.6. The Balaban J connectivity index is 3.44. The molecule has 0 amide bonds. The molecule has 0 bridgehead atoms. The maximum atomic E-state index is 10.9. The summed E-state index contributed by atoms with van der Waals surface area (Å²) in [5.74, 6) is -0.643. The minimum Gasteiger partial charge on any atom is -0.465 e. The zero-order valence-corrected chi connectivity index (χ0v) is 7.74. The molecule has 63 valence electrons. The molecule has 0 aromatic heterocycles. The van der Waals surface area contributed by atoms with Gasteiger partial charge in [-0.3, -0.25) is 4.79 Å². The summed E-state index contributed by atoms with van der Waals surface area (Å²) in [4.78, 5) is 10.9. The van der Waals surface area contributed by atoms with Gasteiger partial charge in [-0.05, 0) is 13.3 Å². The highest BCUT2D eigenvalue weighted by Gasteiger charge is 2.10. The van der Waals surface area contributed by atoms with Crippen LogP contribution in [0.1, 0.15) is 26.7 Å². The third-order valence-corrected chi connectivity index (χ3v) is 1.63. The summed E-state index contributed by atoms with van der Waals surface area (Å²) in [6.07, 6.45) is 1.94. The predicted octanol–water partition coefficient (Wildman–Crippen LogP) is 1.84. The van der Waals surface area contributed by atoms with Gasteiger partial charge in [-0.25, -0.2) is 0 Å². The van der Waals surface area contributed by atoms with E-state index >= 15 is 0 Å². The van der Waals surface area contributed by atoms with E-state index in [2.05, 4.69) is 17.6 Å². The average Bonchev–Trinajstić information content (AvgIpc) is 2.03. The maximum absolute atomic E-state index is 10.9. The molecular weight excluding hydrogens is 160 g/mol. The maximum Gasteiger partial charge on any atom is 0.314 e. The van der Waals surface area contributed by atoms with Crippen molar-refractivity contribution in [1.82, 2.24) is 0 Å². The van der Waals surface area contributed by atoms with Crippen LogP contribution in [0.3, 0.4) is 0 Å². The van der Waals surface area contributed by atoms with Crippen molar-refractivity contribution in [2.75, 3.05) is 6.61 Å². The Morgan fingerprint density at radius 2 is 2.36 bits per heavy atom. The van der Waals surface area contributed by atoms with E-state index in [1.165, 1.54) is 0 Å². The van der Waals surface area contributed by atoms with Crippen molar-refractivity contribution in [1.29, 1.82) is 0 Å². The lowest BCUT2D eigenvalue weighted by Crippen LogP contribution is -2.15. The van der Waals surface area contributed by atoms with Crippen LogP contribution in [0.2, 0.25) is 0 Å². The molecule has 0 aromatic carbocycles. The molecule has 0 saturated heterocycles. The molecule has 1 unspecified atom stereocenters. The molecule has 0 aliphatic carbocycles. The Bertz CT molecular complexity index is 134. The van der Waals surface area contributed by atoms with E-state index < -0.39 is 0 Å². The van der Waals surface area contributed by atoms with Gasteiger partial charge in [0, 0.05) is 5.37 Å². The Morgan fingerprint density at radius 1 is 1.73 bits per heavy atom. The molecular formula is C8H13O2S. The van der Waals surface area contributed by atoms with Crippen molar-refractivity contribution in [3.63, 3.8) is 0 Å². The number of esters is 1. The molecule has 2 nitrogen and oxygen atoms in total. The van der Waals surface area contributed by atoms with Gasteiger partial charge in [0.05, 0.1) is 12.5 Å². The second-order valence-electron chi connectivity index (χ2n) is 2.36. The molecule has 0 fully saturated rings. The predicted molar refractivity (Wildman–Crippen MR) is 47.6 cm³/mol. The minimum absolute atomic E-state index is 0.270. The summed E-state index contributed by atoms with van der Waals surface area (Å²) in [5, 5.41) is 2.40. The van der Waals surface area contributed by atoms with Gasteiger partial charge in [-0.15, -0.1) is 0 Å². The largest absolute Gasteiger partial charge is 0.465 e. The van der Waals surface area contributed by atoms with E-state index in [1.807, 2.05) is 6.92 Å². The normalized spacial score (nSPS) is 12.2. The number of hydrogen-bond donors (Lipinski definition) is 0. The summed E-state index contributed by atoms with van der Waals surface area (Å²) in [6, 6.07) is 0. The number of carbonyl (C=O) groups excluding carboxylic acids is 1. The highest BCUT2D eigenvalue weighted by atomic mass is 32.1. The van der Waals surface area contributed by atoms with Crippen LogP contribution in [0.4, 0.5) is 0 Å². The smallest absolute Gasteiger partial charge is 0.314 e. The molecule has 0 aliphatic heterocycles. The number of thiocarbonyl (C=S) groups is 1. The Kier molecular flexibility index (Phi) is 6.03. The Labute approximate surface area is 72.9 Å². The molecule has 0 spiro atoms. The van der Waals surface area contributed by atoms with E-state index in [0.717, 1.165) is 12.8 Å². The van der Waals surface area contributed by atoms with E-state index in [-0.39, 0.29) is 11.9 Å². The molecule has 1 atom stereocenters. The van der Waals surface area contributed by atoms with Gasteiger partial charge in [0.15, 0.2) is 0 Å². The summed E-state index contributed by atoms with van der Waals surface area (Å²) in [7, 11) is 0. The van der Waals surface area contributed by atoms with Crippen molar-refractivity contribution in [2.24, 2.45) is 5.92 Å². The first-order valence-electron chi connectivity index (χ1n) is 3.76. The summed E-state index contributed by atoms with van der Waals surface area (Å²) in [6.45, 7) is 4.22. The van der Waals surface area contributed by atoms with Gasteiger partial charge in [0.1, 0.15) is 0 Å². The minimum atomic E-state index is -0.373. The third kappa shape index (κ3) is 4.90. The standard InChI is InChI=1S/C8H13O2S/c1-3-4-5-10-8(9)7(2)6-11/h7H,3-5H2,1-2H3. The second kappa shape index (κ2) is 6.28. The molecule has 0 rings (SSSR count). The number of carbonyl (C=O) groups is 1. The monoisotopic (exact) mass is 173 g/mol. The Morgan fingerprint density at radius 3 is 2.82 bits per heavy atom. The molecule has 11 heavy (non-hydrogen) atoms. The van der Waals surface area contributed by atoms with Crippen LogP contribution < -0.4 is 0 Å². The van der Waals surface area contributed by atoms with Gasteiger partial charge in [0.25, 0.3) is 0 Å². The van der Waals surface area contributed by atoms with Crippen LogP contribution in [-0.4, -0.2) is 17.9 Å². The number of unbranched alkanes of at least 4 members (excludes halogenated alkanes) is 1. The van der Waals surface area contributed by atoms with Crippen molar-refractivity contribution < 1.29 is 9.53 Å². The fraction of sp³-hybridized carbons (Fsp3) is 0.750. The summed E-state index contributed by atoms with van der Waals surface area (Å²) in [5.41, 5.74) is 0. The van der Waals surface area contributed by atoms with Crippen LogP contribution in [0.25, 0.3) is 0 Å². The molecule has 0 N–H and O–H groups in total. The zero-order chi connectivity index (χ0) is 8.69. The van der Waals surface area contributed by atoms with E-state index in [0.29, 0.717) is 6.61 Å². The highest BCUT2D eigenvalue weighted by molar-refractivity contribution is 7.79. The van der Waals surface area contributed by atoms with Gasteiger partial charge < -0.3 is 4.74 Å². The lowest BCUT2D eigenvalue weighted by molar-refractivity contribution is -0.145. The van der Waals surface area contributed by atoms with Gasteiger partial charge >= 0.3 is 5.97 Å². The first-order valence-corrected chi connectivity index (χ1v) is 4.17. The van der Waals surface area contributed by atoms with Gasteiger partial charge in [0.2, 0.25) is 0 Å². The average molecular weight is 173 g/mol. The fourth-order valence-electron chi connectivity index (χ4n) is 0.490. The SMILES string of the molecule is CCCCOC(=O)C(C)[C]=S. The van der Waals surface area contributed by atoms with Gasteiger partial charge in [-0.2, -0.15) is 0 Å². The van der Waals surface area contributed by atoms with Crippen molar-refractivity contribution in [2.45, 2.75) is 26.7 Å². The molecule has 0 heterocycles. The van der Waals surface area contributed by atoms with Crippen molar-refractivity contribution in [3.05, 3.63) is 0 Å². The molecule has 0 saturated carbocycles. The zero-order valence-electron chi connectivity index (χ0n) is 6.92.